The van der Waals surface area contributed by atoms with E-state index in [0.29, 0.717) is 18.2 Å². The Hall–Kier alpha value is -0.700. The van der Waals surface area contributed by atoms with Gasteiger partial charge in [0.25, 0.3) is 0 Å². The van der Waals surface area contributed by atoms with Crippen molar-refractivity contribution >= 4 is 26.7 Å². The van der Waals surface area contributed by atoms with Crippen LogP contribution in [0.4, 0.5) is 5.13 Å². The molecule has 0 spiro atoms. The highest BCUT2D eigenvalue weighted by molar-refractivity contribution is 7.90. The molecule has 0 saturated carbocycles. The van der Waals surface area contributed by atoms with Crippen LogP contribution < -0.4 is 10.5 Å². The highest BCUT2D eigenvalue weighted by Gasteiger charge is 2.32. The molecule has 0 radical (unpaired) electrons. The van der Waals surface area contributed by atoms with Gasteiger partial charge in [-0.25, -0.2) is 9.71 Å². The smallest absolute Gasteiger partial charge is 0.303 e. The molecule has 1 aromatic rings. The predicted octanol–water partition coefficient (Wildman–Crippen LogP) is 1.23. The molecule has 6 nitrogen and oxygen atoms in total. The maximum atomic E-state index is 12.4. The maximum Gasteiger partial charge on any atom is 0.303 e. The molecular formula is C11H20N4O2S2. The Labute approximate surface area is 118 Å². The average Bonchev–Trinajstić information content (AvgIpc) is 2.67. The number of aromatic nitrogens is 1. The molecule has 1 aliphatic rings. The zero-order valence-electron chi connectivity index (χ0n) is 11.2. The molecule has 1 aliphatic heterocycles. The molecule has 1 aromatic heterocycles. The predicted molar refractivity (Wildman–Crippen MR) is 77.5 cm³/mol. The summed E-state index contributed by atoms with van der Waals surface area (Å²) in [6.45, 7) is 4.68. The van der Waals surface area contributed by atoms with Gasteiger partial charge in [0.05, 0.1) is 5.69 Å². The van der Waals surface area contributed by atoms with Gasteiger partial charge in [-0.05, 0) is 26.7 Å². The van der Waals surface area contributed by atoms with Crippen LogP contribution in [0.5, 0.6) is 0 Å². The second-order valence-electron chi connectivity index (χ2n) is 4.76. The lowest BCUT2D eigenvalue weighted by Gasteiger charge is -2.33. The molecule has 19 heavy (non-hydrogen) atoms. The van der Waals surface area contributed by atoms with E-state index in [4.69, 9.17) is 5.73 Å². The van der Waals surface area contributed by atoms with Gasteiger partial charge >= 0.3 is 10.2 Å². The Bertz CT molecular complexity index is 521. The van der Waals surface area contributed by atoms with Crippen LogP contribution in [-0.2, 0) is 10.2 Å². The van der Waals surface area contributed by atoms with Gasteiger partial charge in [-0.2, -0.15) is 12.7 Å². The van der Waals surface area contributed by atoms with Crippen molar-refractivity contribution in [1.29, 1.82) is 0 Å². The Kier molecular flexibility index (Phi) is 4.44. The van der Waals surface area contributed by atoms with Gasteiger partial charge in [0, 0.05) is 24.0 Å². The Morgan fingerprint density at radius 2 is 2.21 bits per heavy atom. The van der Waals surface area contributed by atoms with Crippen LogP contribution in [0.2, 0.25) is 0 Å². The maximum absolute atomic E-state index is 12.4. The minimum atomic E-state index is -3.55. The van der Waals surface area contributed by atoms with E-state index in [-0.39, 0.29) is 6.04 Å². The van der Waals surface area contributed by atoms with E-state index in [1.165, 1.54) is 15.6 Å². The van der Waals surface area contributed by atoms with Crippen LogP contribution in [-0.4, -0.2) is 36.8 Å². The van der Waals surface area contributed by atoms with Crippen molar-refractivity contribution in [3.05, 3.63) is 10.6 Å². The average molecular weight is 304 g/mol. The van der Waals surface area contributed by atoms with Crippen LogP contribution >= 0.6 is 11.3 Å². The lowest BCUT2D eigenvalue weighted by molar-refractivity contribution is 0.259. The van der Waals surface area contributed by atoms with Crippen LogP contribution in [0.3, 0.4) is 0 Å². The molecule has 1 atom stereocenters. The van der Waals surface area contributed by atoms with Crippen molar-refractivity contribution in [2.75, 3.05) is 17.8 Å². The first-order chi connectivity index (χ1) is 8.94. The van der Waals surface area contributed by atoms with Crippen LogP contribution in [0.1, 0.15) is 29.8 Å². The monoisotopic (exact) mass is 304 g/mol. The summed E-state index contributed by atoms with van der Waals surface area (Å²) in [4.78, 5) is 5.23. The highest BCUT2D eigenvalue weighted by Crippen LogP contribution is 2.25. The molecule has 0 amide bonds. The summed E-state index contributed by atoms with van der Waals surface area (Å²) in [5, 5.41) is 0.427. The number of aryl methyl sites for hydroxylation is 2. The quantitative estimate of drug-likeness (QED) is 0.875. The molecule has 2 rings (SSSR count). The summed E-state index contributed by atoms with van der Waals surface area (Å²) < 4.78 is 28.8. The Morgan fingerprint density at radius 1 is 1.47 bits per heavy atom. The third kappa shape index (κ3) is 3.25. The largest absolute Gasteiger partial charge is 0.329 e. The summed E-state index contributed by atoms with van der Waals surface area (Å²) in [6, 6.07) is -0.103. The summed E-state index contributed by atoms with van der Waals surface area (Å²) in [6.07, 6.45) is 2.74. The number of thiazole rings is 1. The van der Waals surface area contributed by atoms with Crippen LogP contribution in [0.25, 0.3) is 0 Å². The van der Waals surface area contributed by atoms with Crippen LogP contribution in [0, 0.1) is 13.8 Å². The van der Waals surface area contributed by atoms with Crippen molar-refractivity contribution < 1.29 is 8.42 Å². The molecule has 8 heteroatoms. The Morgan fingerprint density at radius 3 is 2.79 bits per heavy atom. The fraction of sp³-hybridized carbons (Fsp3) is 0.727. The van der Waals surface area contributed by atoms with Crippen molar-refractivity contribution in [2.24, 2.45) is 5.73 Å². The first kappa shape index (κ1) is 14.7. The molecule has 0 aliphatic carbocycles. The highest BCUT2D eigenvalue weighted by atomic mass is 32.2. The second kappa shape index (κ2) is 5.74. The molecule has 0 aromatic carbocycles. The molecule has 2 heterocycles. The van der Waals surface area contributed by atoms with E-state index in [1.54, 1.807) is 0 Å². The second-order valence-corrected chi connectivity index (χ2v) is 7.59. The van der Waals surface area contributed by atoms with Gasteiger partial charge in [-0.1, -0.05) is 6.42 Å². The van der Waals surface area contributed by atoms with Crippen molar-refractivity contribution in [3.8, 4) is 0 Å². The summed E-state index contributed by atoms with van der Waals surface area (Å²) in [5.74, 6) is 0. The van der Waals surface area contributed by atoms with Crippen molar-refractivity contribution in [1.82, 2.24) is 9.29 Å². The van der Waals surface area contributed by atoms with E-state index < -0.39 is 10.2 Å². The minimum absolute atomic E-state index is 0.103. The first-order valence-electron chi connectivity index (χ1n) is 6.37. The lowest BCUT2D eigenvalue weighted by atomic mass is 10.1. The zero-order chi connectivity index (χ0) is 14.0. The van der Waals surface area contributed by atoms with Gasteiger partial charge in [0.2, 0.25) is 0 Å². The number of rotatable bonds is 4. The molecule has 3 N–H and O–H groups in total. The van der Waals surface area contributed by atoms with E-state index in [9.17, 15) is 8.42 Å². The standard InChI is InChI=1S/C11H20N4O2S2/c1-8-9(2)18-11(13-8)14-19(16,17)15-6-4-3-5-10(15)7-12/h10H,3-7,12H2,1-2H3,(H,13,14). The Balaban J connectivity index is 2.17. The normalized spacial score (nSPS) is 21.5. The van der Waals surface area contributed by atoms with Gasteiger partial charge in [0.1, 0.15) is 0 Å². The number of nitrogens with zero attached hydrogens (tertiary/aromatic N) is 2. The number of nitrogens with two attached hydrogens (primary N) is 1. The molecule has 1 fully saturated rings. The van der Waals surface area contributed by atoms with Gasteiger partial charge in [-0.3, -0.25) is 0 Å². The lowest BCUT2D eigenvalue weighted by Crippen LogP contribution is -2.49. The molecule has 1 saturated heterocycles. The molecule has 108 valence electrons. The number of anilines is 1. The van der Waals surface area contributed by atoms with Crippen LogP contribution in [0.15, 0.2) is 0 Å². The third-order valence-corrected chi connectivity index (χ3v) is 6.07. The van der Waals surface area contributed by atoms with E-state index >= 15 is 0 Å². The molecular weight excluding hydrogens is 284 g/mol. The molecule has 0 bridgehead atoms. The van der Waals surface area contributed by atoms with Gasteiger partial charge in [-0.15, -0.1) is 11.3 Å². The molecule has 1 unspecified atom stereocenters. The topological polar surface area (TPSA) is 88.3 Å². The first-order valence-corrected chi connectivity index (χ1v) is 8.63. The fourth-order valence-electron chi connectivity index (χ4n) is 2.21. The number of piperidine rings is 1. The summed E-state index contributed by atoms with van der Waals surface area (Å²) in [7, 11) is -3.55. The zero-order valence-corrected chi connectivity index (χ0v) is 12.9. The van der Waals surface area contributed by atoms with E-state index in [0.717, 1.165) is 29.8 Å². The van der Waals surface area contributed by atoms with Crippen molar-refractivity contribution in [3.63, 3.8) is 0 Å². The minimum Gasteiger partial charge on any atom is -0.329 e. The summed E-state index contributed by atoms with van der Waals surface area (Å²) >= 11 is 1.35. The SMILES string of the molecule is Cc1nc(NS(=O)(=O)N2CCCCC2CN)sc1C. The van der Waals surface area contributed by atoms with Gasteiger partial charge < -0.3 is 5.73 Å². The van der Waals surface area contributed by atoms with Crippen molar-refractivity contribution in [2.45, 2.75) is 39.2 Å². The third-order valence-electron chi connectivity index (χ3n) is 3.40. The summed E-state index contributed by atoms with van der Waals surface area (Å²) in [5.41, 5.74) is 6.52. The fourth-order valence-corrected chi connectivity index (χ4v) is 4.70. The number of hydrogen-bond donors (Lipinski definition) is 2. The van der Waals surface area contributed by atoms with Gasteiger partial charge in [0.15, 0.2) is 5.13 Å². The number of hydrogen-bond acceptors (Lipinski definition) is 5. The number of nitrogens with one attached hydrogen (secondary N) is 1. The van der Waals surface area contributed by atoms with E-state index in [1.807, 2.05) is 13.8 Å². The van der Waals surface area contributed by atoms with E-state index in [2.05, 4.69) is 9.71 Å².